The summed E-state index contributed by atoms with van der Waals surface area (Å²) in [5, 5.41) is 8.54. The zero-order valence-electron chi connectivity index (χ0n) is 31.9. The van der Waals surface area contributed by atoms with Gasteiger partial charge in [-0.2, -0.15) is 0 Å². The molecule has 58 heavy (non-hydrogen) atoms. The van der Waals surface area contributed by atoms with Crippen LogP contribution in [-0.4, -0.2) is 35.8 Å². The van der Waals surface area contributed by atoms with Crippen molar-refractivity contribution in [1.29, 1.82) is 0 Å². The molecular weight excluding hydrogens is 725 g/mol. The van der Waals surface area contributed by atoms with Crippen LogP contribution in [0.25, 0.3) is 43.1 Å². The predicted molar refractivity (Wildman–Crippen MR) is 227 cm³/mol. The second-order valence-corrected chi connectivity index (χ2v) is 14.7. The average molecular weight is 763 g/mol. The quantitative estimate of drug-likeness (QED) is 0.166. The molecule has 0 saturated carbocycles. The molecule has 0 aromatic heterocycles. The maximum absolute atomic E-state index is 6.52. The third kappa shape index (κ3) is 5.44. The summed E-state index contributed by atoms with van der Waals surface area (Å²) in [5.74, 6) is 0.628. The summed E-state index contributed by atoms with van der Waals surface area (Å²) in [6.07, 6.45) is -0.0977. The summed E-state index contributed by atoms with van der Waals surface area (Å²) in [4.78, 5) is 9.73. The van der Waals surface area contributed by atoms with E-state index in [4.69, 9.17) is 38.4 Å². The Balaban J connectivity index is 0.000000133. The Morgan fingerprint density at radius 1 is 0.379 bits per heavy atom. The molecule has 4 atom stereocenters. The van der Waals surface area contributed by atoms with Crippen LogP contribution in [0.15, 0.2) is 168 Å². The number of hydrogen-bond donors (Lipinski definition) is 0. The van der Waals surface area contributed by atoms with E-state index in [2.05, 4.69) is 48.5 Å². The summed E-state index contributed by atoms with van der Waals surface area (Å²) >= 11 is 0. The first kappa shape index (κ1) is 34.5. The van der Waals surface area contributed by atoms with Gasteiger partial charge in [0.05, 0.1) is 0 Å². The van der Waals surface area contributed by atoms with Crippen LogP contribution in [0.5, 0.6) is 23.0 Å². The van der Waals surface area contributed by atoms with Crippen molar-refractivity contribution in [3.63, 3.8) is 0 Å². The van der Waals surface area contributed by atoms with Crippen LogP contribution in [0.4, 0.5) is 0 Å². The highest BCUT2D eigenvalue weighted by atomic mass is 16.8. The van der Waals surface area contributed by atoms with Crippen molar-refractivity contribution in [1.82, 2.24) is 0 Å². The van der Waals surface area contributed by atoms with Gasteiger partial charge in [-0.25, -0.2) is 9.98 Å². The van der Waals surface area contributed by atoms with Gasteiger partial charge in [0.2, 0.25) is 12.6 Å². The van der Waals surface area contributed by atoms with Gasteiger partial charge >= 0.3 is 11.8 Å². The summed E-state index contributed by atoms with van der Waals surface area (Å²) in [7, 11) is 0. The molecule has 8 nitrogen and oxygen atoms in total. The van der Waals surface area contributed by atoms with E-state index in [0.29, 0.717) is 35.8 Å². The smallest absolute Gasteiger partial charge is 0.315 e. The predicted octanol–water partition coefficient (Wildman–Crippen LogP) is 11.3. The lowest BCUT2D eigenvalue weighted by atomic mass is 9.99. The van der Waals surface area contributed by atoms with Gasteiger partial charge in [-0.1, -0.05) is 172 Å². The summed E-state index contributed by atoms with van der Waals surface area (Å²) in [5.41, 5.74) is 3.47. The molecule has 8 aromatic rings. The second-order valence-electron chi connectivity index (χ2n) is 14.7. The Morgan fingerprint density at radius 2 is 0.672 bits per heavy atom. The fourth-order valence-corrected chi connectivity index (χ4v) is 8.44. The minimum absolute atomic E-state index is 0.573. The average Bonchev–Trinajstić information content (AvgIpc) is 3.71. The van der Waals surface area contributed by atoms with Crippen molar-refractivity contribution in [3.8, 4) is 23.0 Å². The molecule has 4 heterocycles. The number of benzene rings is 8. The standard InChI is InChI=1S/2C25H19NO3/c2*1-2-25-26-21(16-10-4-3-5-11-16)24(29-25)27-22-19-14-8-6-12-17(19)18-13-7-9-15-20(18)23(22)28-25/h2*3-15,24H,2H2,1H3/t2*24-,25+/m10/s1. The first-order valence-corrected chi connectivity index (χ1v) is 19.8. The molecule has 12 rings (SSSR count). The molecule has 284 valence electrons. The molecule has 8 aromatic carbocycles. The Bertz CT molecular complexity index is 2770. The lowest BCUT2D eigenvalue weighted by Crippen LogP contribution is -2.35. The van der Waals surface area contributed by atoms with Crippen molar-refractivity contribution in [2.24, 2.45) is 9.98 Å². The molecule has 0 N–H and O–H groups in total. The van der Waals surface area contributed by atoms with E-state index in [0.717, 1.165) is 65.6 Å². The molecule has 0 aliphatic carbocycles. The molecule has 0 unspecified atom stereocenters. The minimum Gasteiger partial charge on any atom is -0.454 e. The van der Waals surface area contributed by atoms with Crippen molar-refractivity contribution in [2.45, 2.75) is 51.1 Å². The van der Waals surface area contributed by atoms with Gasteiger partial charge in [0.15, 0.2) is 23.0 Å². The second kappa shape index (κ2) is 13.4. The molecule has 0 radical (unpaired) electrons. The monoisotopic (exact) mass is 762 g/mol. The van der Waals surface area contributed by atoms with Gasteiger partial charge in [0.1, 0.15) is 11.4 Å². The van der Waals surface area contributed by atoms with E-state index in [1.807, 2.05) is 123 Å². The van der Waals surface area contributed by atoms with Gasteiger partial charge < -0.3 is 18.9 Å². The van der Waals surface area contributed by atoms with Gasteiger partial charge in [0, 0.05) is 45.5 Å². The van der Waals surface area contributed by atoms with Crippen LogP contribution in [0, 0.1) is 0 Å². The van der Waals surface area contributed by atoms with Crippen LogP contribution in [0.2, 0.25) is 0 Å². The number of ether oxygens (including phenoxy) is 6. The third-order valence-corrected chi connectivity index (χ3v) is 11.3. The molecule has 4 aliphatic rings. The normalized spacial score (nSPS) is 22.5. The summed E-state index contributed by atoms with van der Waals surface area (Å²) in [6, 6.07) is 53.0. The van der Waals surface area contributed by atoms with Crippen molar-refractivity contribution >= 4 is 54.5 Å². The van der Waals surface area contributed by atoms with Gasteiger partial charge in [-0.3, -0.25) is 9.47 Å². The minimum atomic E-state index is -1.09. The van der Waals surface area contributed by atoms with E-state index in [-0.39, 0.29) is 0 Å². The van der Waals surface area contributed by atoms with Gasteiger partial charge in [0.25, 0.3) is 0 Å². The highest BCUT2D eigenvalue weighted by Crippen LogP contribution is 2.51. The molecule has 4 bridgehead atoms. The van der Waals surface area contributed by atoms with E-state index < -0.39 is 24.4 Å². The van der Waals surface area contributed by atoms with Crippen LogP contribution in [0.3, 0.4) is 0 Å². The summed E-state index contributed by atoms with van der Waals surface area (Å²) < 4.78 is 38.5. The molecule has 0 amide bonds. The Kier molecular flexibility index (Phi) is 8.00. The number of rotatable bonds is 4. The van der Waals surface area contributed by atoms with Crippen molar-refractivity contribution < 1.29 is 28.4 Å². The molecule has 4 aliphatic heterocycles. The summed E-state index contributed by atoms with van der Waals surface area (Å²) in [6.45, 7) is 4.03. The largest absolute Gasteiger partial charge is 0.454 e. The molecule has 8 heteroatoms. The van der Waals surface area contributed by atoms with Crippen LogP contribution >= 0.6 is 0 Å². The molecular formula is C50H38N2O6. The van der Waals surface area contributed by atoms with Crippen LogP contribution < -0.4 is 18.9 Å². The molecule has 0 saturated heterocycles. The van der Waals surface area contributed by atoms with E-state index in [1.54, 1.807) is 0 Å². The Labute approximate surface area is 334 Å². The van der Waals surface area contributed by atoms with Crippen molar-refractivity contribution in [2.75, 3.05) is 0 Å². The number of hydrogen-bond acceptors (Lipinski definition) is 8. The lowest BCUT2D eigenvalue weighted by Gasteiger charge is -2.24. The fourth-order valence-electron chi connectivity index (χ4n) is 8.44. The van der Waals surface area contributed by atoms with E-state index in [9.17, 15) is 0 Å². The Hall–Kier alpha value is -6.74. The number of nitrogens with zero attached hydrogens (tertiary/aromatic N) is 2. The zero-order valence-corrected chi connectivity index (χ0v) is 31.9. The van der Waals surface area contributed by atoms with Gasteiger partial charge in [-0.15, -0.1) is 0 Å². The third-order valence-electron chi connectivity index (χ3n) is 11.3. The van der Waals surface area contributed by atoms with Crippen molar-refractivity contribution in [3.05, 3.63) is 169 Å². The maximum atomic E-state index is 6.52. The van der Waals surface area contributed by atoms with E-state index in [1.165, 1.54) is 0 Å². The fraction of sp³-hybridized carbons (Fsp3) is 0.160. The highest BCUT2D eigenvalue weighted by Gasteiger charge is 2.50. The number of aliphatic imine (C=N–C) groups is 2. The molecule has 0 spiro atoms. The van der Waals surface area contributed by atoms with Crippen LogP contribution in [0.1, 0.15) is 37.8 Å². The maximum Gasteiger partial charge on any atom is 0.315 e. The van der Waals surface area contributed by atoms with Gasteiger partial charge in [-0.05, 0) is 21.5 Å². The zero-order chi connectivity index (χ0) is 38.8. The SMILES string of the molecule is CC[C@@]12N=C(c3ccccc3)[C@@H](Oc3c(c4ccccc4c4ccccc34)O1)O2.CC[C@]12N=C(c3ccccc3)[C@H](Oc3c(c4ccccc4c4ccccc34)O1)O2. The topological polar surface area (TPSA) is 80.1 Å². The highest BCUT2D eigenvalue weighted by molar-refractivity contribution is 6.15. The van der Waals surface area contributed by atoms with Crippen LogP contribution in [-0.2, 0) is 9.47 Å². The Morgan fingerprint density at radius 3 is 1.00 bits per heavy atom. The first-order valence-electron chi connectivity index (χ1n) is 19.8. The number of fused-ring (bicyclic) bond motifs is 16. The first-order chi connectivity index (χ1) is 28.6. The lowest BCUT2D eigenvalue weighted by molar-refractivity contribution is -0.201. The molecule has 0 fully saturated rings. The van der Waals surface area contributed by atoms with E-state index >= 15 is 0 Å².